The zero-order chi connectivity index (χ0) is 26.9. The molecule has 3 aromatic rings. The molecule has 37 heavy (non-hydrogen) atoms. The van der Waals surface area contributed by atoms with Gasteiger partial charge in [0, 0.05) is 17.1 Å². The van der Waals surface area contributed by atoms with Crippen LogP contribution in [-0.4, -0.2) is 53.6 Å². The second-order valence-corrected chi connectivity index (χ2v) is 9.13. The van der Waals surface area contributed by atoms with Crippen LogP contribution in [0.1, 0.15) is 44.0 Å². The van der Waals surface area contributed by atoms with Crippen molar-refractivity contribution in [3.63, 3.8) is 0 Å². The molecule has 1 aliphatic rings. The van der Waals surface area contributed by atoms with Crippen molar-refractivity contribution >= 4 is 22.4 Å². The highest BCUT2D eigenvalue weighted by Crippen LogP contribution is 2.37. The fraction of sp³-hybridized carbons (Fsp3) is 0.480. The van der Waals surface area contributed by atoms with Crippen LogP contribution in [0.5, 0.6) is 11.5 Å². The number of aryl methyl sites for hydroxylation is 1. The van der Waals surface area contributed by atoms with Crippen molar-refractivity contribution in [1.82, 2.24) is 15.0 Å². The summed E-state index contributed by atoms with van der Waals surface area (Å²) >= 11 is 0. The number of hydrogen-bond donors (Lipinski definition) is 2. The van der Waals surface area contributed by atoms with Crippen LogP contribution in [0.2, 0.25) is 0 Å². The number of nitrogens with zero attached hydrogens (tertiary/aromatic N) is 3. The molecule has 2 aromatic heterocycles. The average Bonchev–Trinajstić information content (AvgIpc) is 3.23. The van der Waals surface area contributed by atoms with E-state index in [-0.39, 0.29) is 29.7 Å². The van der Waals surface area contributed by atoms with Gasteiger partial charge in [0.15, 0.2) is 17.6 Å². The van der Waals surface area contributed by atoms with Crippen molar-refractivity contribution in [2.24, 2.45) is 0 Å². The number of ether oxygens (including phenoxy) is 4. The third kappa shape index (κ3) is 6.13. The summed E-state index contributed by atoms with van der Waals surface area (Å²) < 4.78 is 63.1. The minimum absolute atomic E-state index is 0.00320. The SMILES string of the molecule is COc1cc2nc(C)nc(N[C@H](C)c3cc(N)cc(C(F)(F)F)n3)c2cc1OC1COCC1OC(C)C. The number of alkyl halides is 3. The lowest BCUT2D eigenvalue weighted by atomic mass is 10.1. The van der Waals surface area contributed by atoms with E-state index in [9.17, 15) is 13.2 Å². The quantitative estimate of drug-likeness (QED) is 0.436. The van der Waals surface area contributed by atoms with Gasteiger partial charge in [-0.15, -0.1) is 0 Å². The van der Waals surface area contributed by atoms with Crippen LogP contribution < -0.4 is 20.5 Å². The Hall–Kier alpha value is -3.38. The first-order valence-corrected chi connectivity index (χ1v) is 11.8. The van der Waals surface area contributed by atoms with Crippen molar-refractivity contribution < 1.29 is 32.1 Å². The Kier molecular flexibility index (Phi) is 7.60. The zero-order valence-corrected chi connectivity index (χ0v) is 21.2. The first-order chi connectivity index (χ1) is 17.4. The molecule has 1 fully saturated rings. The van der Waals surface area contributed by atoms with E-state index in [0.717, 1.165) is 6.07 Å². The lowest BCUT2D eigenvalue weighted by Gasteiger charge is -2.23. The van der Waals surface area contributed by atoms with Gasteiger partial charge in [-0.25, -0.2) is 15.0 Å². The minimum atomic E-state index is -4.62. The maximum Gasteiger partial charge on any atom is 0.433 e. The molecule has 1 aliphatic heterocycles. The molecular formula is C25H30F3N5O4. The number of hydrogen-bond acceptors (Lipinski definition) is 9. The number of nitrogens with two attached hydrogens (primary N) is 1. The van der Waals surface area contributed by atoms with E-state index < -0.39 is 17.9 Å². The van der Waals surface area contributed by atoms with Crippen molar-refractivity contribution in [3.05, 3.63) is 41.5 Å². The molecule has 12 heteroatoms. The molecule has 3 atom stereocenters. The van der Waals surface area contributed by atoms with Gasteiger partial charge >= 0.3 is 6.18 Å². The van der Waals surface area contributed by atoms with Gasteiger partial charge in [0.25, 0.3) is 0 Å². The zero-order valence-electron chi connectivity index (χ0n) is 21.2. The summed E-state index contributed by atoms with van der Waals surface area (Å²) in [5.41, 5.74) is 5.33. The van der Waals surface area contributed by atoms with E-state index >= 15 is 0 Å². The molecule has 4 rings (SSSR count). The Labute approximate surface area is 212 Å². The molecule has 2 unspecified atom stereocenters. The average molecular weight is 522 g/mol. The van der Waals surface area contributed by atoms with Gasteiger partial charge < -0.3 is 30.0 Å². The number of rotatable bonds is 8. The minimum Gasteiger partial charge on any atom is -0.493 e. The number of aromatic nitrogens is 3. The second kappa shape index (κ2) is 10.5. The summed E-state index contributed by atoms with van der Waals surface area (Å²) in [6.45, 7) is 8.05. The van der Waals surface area contributed by atoms with E-state index in [0.29, 0.717) is 47.3 Å². The van der Waals surface area contributed by atoms with Gasteiger partial charge in [-0.1, -0.05) is 0 Å². The van der Waals surface area contributed by atoms with E-state index in [2.05, 4.69) is 20.3 Å². The molecule has 200 valence electrons. The largest absolute Gasteiger partial charge is 0.493 e. The highest BCUT2D eigenvalue weighted by atomic mass is 19.4. The monoisotopic (exact) mass is 521 g/mol. The van der Waals surface area contributed by atoms with E-state index in [1.54, 1.807) is 26.0 Å². The molecule has 9 nitrogen and oxygen atoms in total. The van der Waals surface area contributed by atoms with E-state index in [1.807, 2.05) is 13.8 Å². The number of halogens is 3. The standard InChI is InChI=1S/C25H30F3N5O4/c1-12(2)36-21-10-35-11-22(21)37-20-8-16-18(9-19(20)34-5)31-14(4)32-24(16)30-13(3)17-6-15(29)7-23(33-17)25(26,27)28/h6-9,12-13,21-22H,10-11H2,1-5H3,(H2,29,33)(H,30,31,32)/t13-,21?,22?/m1/s1. The van der Waals surface area contributed by atoms with Crippen molar-refractivity contribution in [2.45, 2.75) is 58.2 Å². The van der Waals surface area contributed by atoms with Crippen LogP contribution in [0.3, 0.4) is 0 Å². The third-order valence-electron chi connectivity index (χ3n) is 5.75. The van der Waals surface area contributed by atoms with Gasteiger partial charge in [0.2, 0.25) is 0 Å². The number of nitrogens with one attached hydrogen (secondary N) is 1. The molecule has 0 aliphatic carbocycles. The Balaban J connectivity index is 1.69. The normalized spacial score (nSPS) is 18.8. The molecule has 1 saturated heterocycles. The molecule has 3 N–H and O–H groups in total. The van der Waals surface area contributed by atoms with Crippen LogP contribution in [0.4, 0.5) is 24.7 Å². The van der Waals surface area contributed by atoms with Gasteiger partial charge in [-0.05, 0) is 45.9 Å². The van der Waals surface area contributed by atoms with Crippen molar-refractivity contribution in [3.8, 4) is 11.5 Å². The predicted molar refractivity (Wildman–Crippen MR) is 132 cm³/mol. The number of fused-ring (bicyclic) bond motifs is 1. The smallest absolute Gasteiger partial charge is 0.433 e. The first-order valence-electron chi connectivity index (χ1n) is 11.8. The molecule has 0 bridgehead atoms. The lowest BCUT2D eigenvalue weighted by molar-refractivity contribution is -0.141. The molecule has 0 spiro atoms. The molecule has 0 saturated carbocycles. The summed E-state index contributed by atoms with van der Waals surface area (Å²) in [5, 5.41) is 3.75. The Bertz CT molecular complexity index is 1270. The molecule has 1 aromatic carbocycles. The fourth-order valence-electron chi connectivity index (χ4n) is 4.10. The van der Waals surface area contributed by atoms with Crippen LogP contribution in [0.15, 0.2) is 24.3 Å². The maximum atomic E-state index is 13.3. The van der Waals surface area contributed by atoms with Crippen LogP contribution in [0.25, 0.3) is 10.9 Å². The summed E-state index contributed by atoms with van der Waals surface area (Å²) in [7, 11) is 1.53. The summed E-state index contributed by atoms with van der Waals surface area (Å²) in [5.74, 6) is 1.77. The molecular weight excluding hydrogens is 491 g/mol. The highest BCUT2D eigenvalue weighted by Gasteiger charge is 2.34. The van der Waals surface area contributed by atoms with Crippen molar-refractivity contribution in [2.75, 3.05) is 31.4 Å². The van der Waals surface area contributed by atoms with E-state index in [4.69, 9.17) is 24.7 Å². The lowest BCUT2D eigenvalue weighted by Crippen LogP contribution is -2.34. The van der Waals surface area contributed by atoms with Gasteiger partial charge in [-0.2, -0.15) is 13.2 Å². The number of benzene rings is 1. The predicted octanol–water partition coefficient (Wildman–Crippen LogP) is 4.69. The number of anilines is 2. The second-order valence-electron chi connectivity index (χ2n) is 9.13. The topological polar surface area (TPSA) is 114 Å². The van der Waals surface area contributed by atoms with Crippen LogP contribution in [0, 0.1) is 6.92 Å². The summed E-state index contributed by atoms with van der Waals surface area (Å²) in [6, 6.07) is 5.01. The number of pyridine rings is 1. The molecule has 3 heterocycles. The van der Waals surface area contributed by atoms with Gasteiger partial charge in [0.05, 0.1) is 43.7 Å². The van der Waals surface area contributed by atoms with Gasteiger partial charge in [0.1, 0.15) is 23.4 Å². The molecule has 0 amide bonds. The Morgan fingerprint density at radius 3 is 2.43 bits per heavy atom. The first kappa shape index (κ1) is 26.7. The van der Waals surface area contributed by atoms with E-state index in [1.165, 1.54) is 13.2 Å². The van der Waals surface area contributed by atoms with Gasteiger partial charge in [-0.3, -0.25) is 0 Å². The summed E-state index contributed by atoms with van der Waals surface area (Å²) in [4.78, 5) is 12.8. The highest BCUT2D eigenvalue weighted by molar-refractivity contribution is 5.92. The van der Waals surface area contributed by atoms with Crippen molar-refractivity contribution in [1.29, 1.82) is 0 Å². The summed E-state index contributed by atoms with van der Waals surface area (Å²) in [6.07, 6.45) is -5.22. The van der Waals surface area contributed by atoms with Crippen LogP contribution in [-0.2, 0) is 15.7 Å². The Morgan fingerprint density at radius 1 is 1.03 bits per heavy atom. The molecule has 0 radical (unpaired) electrons. The number of nitrogen functional groups attached to an aromatic ring is 1. The fourth-order valence-corrected chi connectivity index (χ4v) is 4.10. The Morgan fingerprint density at radius 2 is 1.76 bits per heavy atom. The van der Waals surface area contributed by atoms with Crippen LogP contribution >= 0.6 is 0 Å². The number of methoxy groups -OCH3 is 1. The third-order valence-corrected chi connectivity index (χ3v) is 5.75. The maximum absolute atomic E-state index is 13.3.